The van der Waals surface area contributed by atoms with Gasteiger partial charge in [0.15, 0.2) is 5.11 Å². The Kier molecular flexibility index (Phi) is 8.09. The van der Waals surface area contributed by atoms with E-state index in [1.807, 2.05) is 49.1 Å². The first-order valence-electron chi connectivity index (χ1n) is 10.4. The second-order valence-corrected chi connectivity index (χ2v) is 8.80. The van der Waals surface area contributed by atoms with Gasteiger partial charge in [0.05, 0.1) is 12.7 Å². The number of hydrogen-bond acceptors (Lipinski definition) is 5. The molecule has 0 spiro atoms. The molecule has 0 saturated carbocycles. The van der Waals surface area contributed by atoms with Crippen molar-refractivity contribution in [3.8, 4) is 5.75 Å². The molecule has 1 saturated heterocycles. The van der Waals surface area contributed by atoms with Gasteiger partial charge in [0.25, 0.3) is 5.91 Å². The van der Waals surface area contributed by atoms with Gasteiger partial charge in [0, 0.05) is 48.4 Å². The van der Waals surface area contributed by atoms with Crippen LogP contribution in [0.15, 0.2) is 40.9 Å². The summed E-state index contributed by atoms with van der Waals surface area (Å²) in [5.41, 5.74) is 3.11. The number of methoxy groups -OCH3 is 1. The van der Waals surface area contributed by atoms with Crippen molar-refractivity contribution in [2.75, 3.05) is 43.5 Å². The molecule has 0 bridgehead atoms. The number of hydrogen-bond donors (Lipinski definition) is 2. The standard InChI is InChI=1S/C23H27BrN4O3S/c1-4-20(29)28-11-9-27(10-12-28)18-7-5-17(6-8-18)25-23(32)26-22(30)19-14-16(24)13-15(2)21(19)31-3/h5-8,13-14H,4,9-12H2,1-3H3,(H2,25,26,30,32). The van der Waals surface area contributed by atoms with Gasteiger partial charge in [-0.05, 0) is 61.1 Å². The van der Waals surface area contributed by atoms with Crippen molar-refractivity contribution in [1.82, 2.24) is 10.2 Å². The second-order valence-electron chi connectivity index (χ2n) is 7.48. The van der Waals surface area contributed by atoms with Crippen LogP contribution in [0.25, 0.3) is 0 Å². The molecule has 2 amide bonds. The molecule has 2 aromatic carbocycles. The smallest absolute Gasteiger partial charge is 0.261 e. The Bertz CT molecular complexity index is 1010. The summed E-state index contributed by atoms with van der Waals surface area (Å²) in [6.07, 6.45) is 0.546. The first-order chi connectivity index (χ1) is 15.3. The number of anilines is 2. The van der Waals surface area contributed by atoms with Gasteiger partial charge in [-0.15, -0.1) is 0 Å². The van der Waals surface area contributed by atoms with E-state index in [1.54, 1.807) is 6.07 Å². The Balaban J connectivity index is 1.58. The van der Waals surface area contributed by atoms with Crippen LogP contribution >= 0.6 is 28.1 Å². The Labute approximate surface area is 202 Å². The third-order valence-corrected chi connectivity index (χ3v) is 6.00. The van der Waals surface area contributed by atoms with Gasteiger partial charge in [0.1, 0.15) is 5.75 Å². The topological polar surface area (TPSA) is 73.9 Å². The molecular weight excluding hydrogens is 492 g/mol. The number of benzene rings is 2. The molecule has 170 valence electrons. The predicted molar refractivity (Wildman–Crippen MR) is 135 cm³/mol. The lowest BCUT2D eigenvalue weighted by Gasteiger charge is -2.36. The molecule has 0 radical (unpaired) electrons. The van der Waals surface area contributed by atoms with Crippen molar-refractivity contribution in [2.45, 2.75) is 20.3 Å². The van der Waals surface area contributed by atoms with Crippen LogP contribution < -0.4 is 20.3 Å². The first-order valence-corrected chi connectivity index (χ1v) is 11.6. The average Bonchev–Trinajstić information content (AvgIpc) is 2.78. The number of piperazine rings is 1. The number of halogens is 1. The number of carbonyl (C=O) groups excluding carboxylic acids is 2. The lowest BCUT2D eigenvalue weighted by atomic mass is 10.1. The zero-order chi connectivity index (χ0) is 23.3. The predicted octanol–water partition coefficient (Wildman–Crippen LogP) is 3.95. The van der Waals surface area contributed by atoms with Crippen molar-refractivity contribution in [2.24, 2.45) is 0 Å². The largest absolute Gasteiger partial charge is 0.496 e. The maximum Gasteiger partial charge on any atom is 0.261 e. The quantitative estimate of drug-likeness (QED) is 0.583. The van der Waals surface area contributed by atoms with E-state index in [9.17, 15) is 9.59 Å². The molecule has 1 aliphatic rings. The molecule has 1 aliphatic heterocycles. The molecule has 2 aromatic rings. The van der Waals surface area contributed by atoms with Gasteiger partial charge in [-0.2, -0.15) is 0 Å². The van der Waals surface area contributed by atoms with E-state index in [0.29, 0.717) is 17.7 Å². The molecule has 7 nitrogen and oxygen atoms in total. The average molecular weight is 519 g/mol. The van der Waals surface area contributed by atoms with Gasteiger partial charge in [-0.25, -0.2) is 0 Å². The van der Waals surface area contributed by atoms with Gasteiger partial charge < -0.3 is 19.9 Å². The van der Waals surface area contributed by atoms with Crippen molar-refractivity contribution in [1.29, 1.82) is 0 Å². The van der Waals surface area contributed by atoms with Crippen molar-refractivity contribution in [3.05, 3.63) is 52.0 Å². The molecule has 0 aromatic heterocycles. The van der Waals surface area contributed by atoms with Crippen molar-refractivity contribution in [3.63, 3.8) is 0 Å². The summed E-state index contributed by atoms with van der Waals surface area (Å²) in [5, 5.41) is 5.95. The fraction of sp³-hybridized carbons (Fsp3) is 0.348. The lowest BCUT2D eigenvalue weighted by molar-refractivity contribution is -0.131. The molecule has 3 rings (SSSR count). The zero-order valence-corrected chi connectivity index (χ0v) is 20.8. The van der Waals surface area contributed by atoms with Gasteiger partial charge >= 0.3 is 0 Å². The number of ether oxygens (including phenoxy) is 1. The van der Waals surface area contributed by atoms with E-state index >= 15 is 0 Å². The summed E-state index contributed by atoms with van der Waals surface area (Å²) in [5.74, 6) is 0.369. The van der Waals surface area contributed by atoms with Crippen LogP contribution in [0.1, 0.15) is 29.3 Å². The van der Waals surface area contributed by atoms with Crippen LogP contribution in [-0.4, -0.2) is 55.1 Å². The molecule has 32 heavy (non-hydrogen) atoms. The Morgan fingerprint density at radius 2 is 1.78 bits per heavy atom. The number of carbonyl (C=O) groups is 2. The number of aryl methyl sites for hydroxylation is 1. The molecule has 1 heterocycles. The van der Waals surface area contributed by atoms with Crippen LogP contribution in [0.3, 0.4) is 0 Å². The van der Waals surface area contributed by atoms with Crippen molar-refractivity contribution >= 4 is 56.4 Å². The molecule has 0 atom stereocenters. The van der Waals surface area contributed by atoms with E-state index < -0.39 is 0 Å². The van der Waals surface area contributed by atoms with E-state index in [0.717, 1.165) is 47.6 Å². The first kappa shape index (κ1) is 24.0. The minimum Gasteiger partial charge on any atom is -0.496 e. The third-order valence-electron chi connectivity index (χ3n) is 5.34. The fourth-order valence-corrected chi connectivity index (χ4v) is 4.48. The molecular formula is C23H27BrN4O3S. The summed E-state index contributed by atoms with van der Waals surface area (Å²) in [6, 6.07) is 11.4. The molecule has 9 heteroatoms. The minimum absolute atomic E-state index is 0.203. The number of nitrogens with zero attached hydrogens (tertiary/aromatic N) is 2. The monoisotopic (exact) mass is 518 g/mol. The number of nitrogens with one attached hydrogen (secondary N) is 2. The van der Waals surface area contributed by atoms with Gasteiger partial charge in [-0.3, -0.25) is 14.9 Å². The van der Waals surface area contributed by atoms with E-state index in [4.69, 9.17) is 17.0 Å². The zero-order valence-electron chi connectivity index (χ0n) is 18.4. The lowest BCUT2D eigenvalue weighted by Crippen LogP contribution is -2.48. The SMILES string of the molecule is CCC(=O)N1CCN(c2ccc(NC(=S)NC(=O)c3cc(Br)cc(C)c3OC)cc2)CC1. The Morgan fingerprint density at radius 1 is 1.12 bits per heavy atom. The second kappa shape index (κ2) is 10.8. The van der Waals surface area contributed by atoms with Crippen molar-refractivity contribution < 1.29 is 14.3 Å². The molecule has 0 aliphatic carbocycles. The minimum atomic E-state index is -0.347. The molecule has 0 unspecified atom stereocenters. The summed E-state index contributed by atoms with van der Waals surface area (Å²) in [6.45, 7) is 6.86. The highest BCUT2D eigenvalue weighted by Crippen LogP contribution is 2.28. The number of rotatable bonds is 5. The highest BCUT2D eigenvalue weighted by atomic mass is 79.9. The highest BCUT2D eigenvalue weighted by molar-refractivity contribution is 9.10. The number of amides is 2. The van der Waals surface area contributed by atoms with Crippen LogP contribution in [0.4, 0.5) is 11.4 Å². The van der Waals surface area contributed by atoms with E-state index in [-0.39, 0.29) is 16.9 Å². The number of thiocarbonyl (C=S) groups is 1. The summed E-state index contributed by atoms with van der Waals surface area (Å²) >= 11 is 8.73. The van der Waals surface area contributed by atoms with Crippen LogP contribution in [-0.2, 0) is 4.79 Å². The Hall–Kier alpha value is -2.65. The van der Waals surface area contributed by atoms with E-state index in [1.165, 1.54) is 7.11 Å². The Morgan fingerprint density at radius 3 is 2.38 bits per heavy atom. The van der Waals surface area contributed by atoms with E-state index in [2.05, 4.69) is 31.5 Å². The summed E-state index contributed by atoms with van der Waals surface area (Å²) in [7, 11) is 1.53. The van der Waals surface area contributed by atoms with Crippen LogP contribution in [0, 0.1) is 6.92 Å². The summed E-state index contributed by atoms with van der Waals surface area (Å²) < 4.78 is 6.16. The normalized spacial score (nSPS) is 13.5. The summed E-state index contributed by atoms with van der Waals surface area (Å²) in [4.78, 5) is 28.7. The molecule has 1 fully saturated rings. The highest BCUT2D eigenvalue weighted by Gasteiger charge is 2.20. The van der Waals surface area contributed by atoms with Crippen LogP contribution in [0.5, 0.6) is 5.75 Å². The third kappa shape index (κ3) is 5.77. The maximum atomic E-state index is 12.7. The maximum absolute atomic E-state index is 12.7. The van der Waals surface area contributed by atoms with Crippen LogP contribution in [0.2, 0.25) is 0 Å². The fourth-order valence-electron chi connectivity index (χ4n) is 3.70. The molecule has 2 N–H and O–H groups in total. The van der Waals surface area contributed by atoms with Gasteiger partial charge in [0.2, 0.25) is 5.91 Å². The van der Waals surface area contributed by atoms with Gasteiger partial charge in [-0.1, -0.05) is 22.9 Å².